The first-order valence-corrected chi connectivity index (χ1v) is 10.7. The standard InChI is InChI=1S/C24H30O6/c1-14-18(23-19(15(2)22(14)26)13-24(3,4)30-23)9-8-16-11-17(12-20(25)28-16)29-21-7-5-6-10-27-21/h11-12,21,26H,5-10,13H2,1-4H3. The highest BCUT2D eigenvalue weighted by Crippen LogP contribution is 2.45. The third-order valence-electron chi connectivity index (χ3n) is 5.97. The van der Waals surface area contributed by atoms with Gasteiger partial charge in [0, 0.05) is 36.5 Å². The Labute approximate surface area is 176 Å². The number of hydrogen-bond donors (Lipinski definition) is 1. The molecule has 1 aromatic heterocycles. The van der Waals surface area contributed by atoms with Crippen molar-refractivity contribution in [3.05, 3.63) is 50.6 Å². The predicted molar refractivity (Wildman–Crippen MR) is 113 cm³/mol. The van der Waals surface area contributed by atoms with Gasteiger partial charge < -0.3 is 23.7 Å². The molecular weight excluding hydrogens is 384 g/mol. The lowest BCUT2D eigenvalue weighted by Crippen LogP contribution is -2.25. The molecule has 4 rings (SSSR count). The number of phenols is 1. The lowest BCUT2D eigenvalue weighted by atomic mass is 9.91. The summed E-state index contributed by atoms with van der Waals surface area (Å²) >= 11 is 0. The Balaban J connectivity index is 1.56. The molecule has 0 radical (unpaired) electrons. The summed E-state index contributed by atoms with van der Waals surface area (Å²) in [6.07, 6.45) is 4.43. The topological polar surface area (TPSA) is 78.1 Å². The van der Waals surface area contributed by atoms with Gasteiger partial charge in [-0.2, -0.15) is 0 Å². The fourth-order valence-electron chi connectivity index (χ4n) is 4.36. The summed E-state index contributed by atoms with van der Waals surface area (Å²) in [5, 5.41) is 10.6. The molecule has 0 aliphatic carbocycles. The maximum atomic E-state index is 12.1. The summed E-state index contributed by atoms with van der Waals surface area (Å²) in [5.74, 6) is 2.19. The molecule has 1 saturated heterocycles. The van der Waals surface area contributed by atoms with Gasteiger partial charge in [-0.1, -0.05) is 0 Å². The average Bonchev–Trinajstić information content (AvgIpc) is 3.02. The third kappa shape index (κ3) is 4.19. The highest BCUT2D eigenvalue weighted by molar-refractivity contribution is 5.60. The summed E-state index contributed by atoms with van der Waals surface area (Å²) in [4.78, 5) is 12.1. The molecule has 3 heterocycles. The summed E-state index contributed by atoms with van der Waals surface area (Å²) in [6.45, 7) is 8.62. The summed E-state index contributed by atoms with van der Waals surface area (Å²) in [7, 11) is 0. The number of fused-ring (bicyclic) bond motifs is 1. The lowest BCUT2D eigenvalue weighted by molar-refractivity contribution is -0.106. The van der Waals surface area contributed by atoms with Crippen LogP contribution < -0.4 is 15.1 Å². The number of ether oxygens (including phenoxy) is 3. The smallest absolute Gasteiger partial charge is 0.339 e. The first-order chi connectivity index (χ1) is 14.2. The van der Waals surface area contributed by atoms with Crippen molar-refractivity contribution in [1.29, 1.82) is 0 Å². The second kappa shape index (κ2) is 7.99. The van der Waals surface area contributed by atoms with Crippen molar-refractivity contribution in [2.75, 3.05) is 6.61 Å². The van der Waals surface area contributed by atoms with Gasteiger partial charge in [-0.25, -0.2) is 4.79 Å². The SMILES string of the molecule is Cc1c(O)c(C)c2c(c1CCc1cc(OC3CCCCO3)cc(=O)o1)OC(C)(C)C2. The van der Waals surface area contributed by atoms with Crippen LogP contribution in [-0.2, 0) is 24.0 Å². The lowest BCUT2D eigenvalue weighted by Gasteiger charge is -2.23. The second-order valence-corrected chi connectivity index (χ2v) is 8.92. The molecule has 30 heavy (non-hydrogen) atoms. The minimum atomic E-state index is -0.440. The highest BCUT2D eigenvalue weighted by Gasteiger charge is 2.35. The molecule has 1 N–H and O–H groups in total. The van der Waals surface area contributed by atoms with Gasteiger partial charge in [0.1, 0.15) is 28.6 Å². The van der Waals surface area contributed by atoms with Crippen LogP contribution in [0.15, 0.2) is 21.3 Å². The quantitative estimate of drug-likeness (QED) is 0.783. The van der Waals surface area contributed by atoms with E-state index in [0.717, 1.165) is 53.7 Å². The Morgan fingerprint density at radius 3 is 2.70 bits per heavy atom. The van der Waals surface area contributed by atoms with Crippen LogP contribution >= 0.6 is 0 Å². The number of rotatable bonds is 5. The van der Waals surface area contributed by atoms with Crippen molar-refractivity contribution in [1.82, 2.24) is 0 Å². The molecule has 1 unspecified atom stereocenters. The molecule has 2 aromatic rings. The zero-order chi connectivity index (χ0) is 21.5. The maximum absolute atomic E-state index is 12.1. The van der Waals surface area contributed by atoms with Gasteiger partial charge >= 0.3 is 5.63 Å². The zero-order valence-electron chi connectivity index (χ0n) is 18.2. The van der Waals surface area contributed by atoms with E-state index in [9.17, 15) is 9.90 Å². The molecule has 0 spiro atoms. The van der Waals surface area contributed by atoms with Gasteiger partial charge in [0.25, 0.3) is 0 Å². The first-order valence-electron chi connectivity index (χ1n) is 10.7. The van der Waals surface area contributed by atoms with Crippen LogP contribution in [0.25, 0.3) is 0 Å². The average molecular weight is 414 g/mol. The van der Waals surface area contributed by atoms with Crippen molar-refractivity contribution >= 4 is 0 Å². The molecule has 0 amide bonds. The van der Waals surface area contributed by atoms with E-state index in [2.05, 4.69) is 13.8 Å². The van der Waals surface area contributed by atoms with Gasteiger partial charge in [0.05, 0.1) is 12.7 Å². The van der Waals surface area contributed by atoms with E-state index >= 15 is 0 Å². The highest BCUT2D eigenvalue weighted by atomic mass is 16.7. The van der Waals surface area contributed by atoms with Crippen molar-refractivity contribution in [2.24, 2.45) is 0 Å². The largest absolute Gasteiger partial charge is 0.507 e. The predicted octanol–water partition coefficient (Wildman–Crippen LogP) is 4.37. The van der Waals surface area contributed by atoms with Crippen molar-refractivity contribution in [3.8, 4) is 17.2 Å². The van der Waals surface area contributed by atoms with Crippen molar-refractivity contribution < 1.29 is 23.7 Å². The first kappa shape index (κ1) is 20.8. The number of aryl methyl sites for hydroxylation is 1. The summed E-state index contributed by atoms with van der Waals surface area (Å²) < 4.78 is 23.1. The molecule has 2 aliphatic heterocycles. The van der Waals surface area contributed by atoms with Crippen LogP contribution in [0.1, 0.15) is 61.1 Å². The monoisotopic (exact) mass is 414 g/mol. The van der Waals surface area contributed by atoms with Crippen LogP contribution in [0.3, 0.4) is 0 Å². The van der Waals surface area contributed by atoms with E-state index < -0.39 is 5.63 Å². The Hall–Kier alpha value is -2.47. The normalized spacial score (nSPS) is 19.9. The minimum Gasteiger partial charge on any atom is -0.507 e. The van der Waals surface area contributed by atoms with Crippen LogP contribution in [0.4, 0.5) is 0 Å². The van der Waals surface area contributed by atoms with Crippen LogP contribution in [0, 0.1) is 13.8 Å². The molecule has 0 saturated carbocycles. The molecule has 6 heteroatoms. The zero-order valence-corrected chi connectivity index (χ0v) is 18.2. The van der Waals surface area contributed by atoms with E-state index in [4.69, 9.17) is 18.6 Å². The minimum absolute atomic E-state index is 0.303. The Kier molecular flexibility index (Phi) is 5.53. The second-order valence-electron chi connectivity index (χ2n) is 8.92. The molecule has 1 atom stereocenters. The van der Waals surface area contributed by atoms with Crippen LogP contribution in [0.5, 0.6) is 17.2 Å². The van der Waals surface area contributed by atoms with Gasteiger partial charge in [0.15, 0.2) is 6.29 Å². The summed E-state index contributed by atoms with van der Waals surface area (Å²) in [6, 6.07) is 3.11. The fraction of sp³-hybridized carbons (Fsp3) is 0.542. The number of hydrogen-bond acceptors (Lipinski definition) is 6. The number of benzene rings is 1. The van der Waals surface area contributed by atoms with E-state index in [-0.39, 0.29) is 11.9 Å². The van der Waals surface area contributed by atoms with Gasteiger partial charge in [-0.05, 0) is 58.1 Å². The van der Waals surface area contributed by atoms with Crippen molar-refractivity contribution in [2.45, 2.75) is 78.1 Å². The molecule has 1 fully saturated rings. The molecule has 1 aromatic carbocycles. The summed E-state index contributed by atoms with van der Waals surface area (Å²) in [5.41, 5.74) is 2.97. The number of phenolic OH excluding ortho intramolecular Hbond substituents is 1. The maximum Gasteiger partial charge on any atom is 0.339 e. The van der Waals surface area contributed by atoms with Gasteiger partial charge in [-0.15, -0.1) is 0 Å². The molecule has 0 bridgehead atoms. The fourth-order valence-corrected chi connectivity index (χ4v) is 4.36. The third-order valence-corrected chi connectivity index (χ3v) is 5.97. The molecular formula is C24H30O6. The Morgan fingerprint density at radius 1 is 1.17 bits per heavy atom. The van der Waals surface area contributed by atoms with Gasteiger partial charge in [0.2, 0.25) is 0 Å². The van der Waals surface area contributed by atoms with Crippen molar-refractivity contribution in [3.63, 3.8) is 0 Å². The molecule has 162 valence electrons. The Morgan fingerprint density at radius 2 is 1.97 bits per heavy atom. The molecule has 6 nitrogen and oxygen atoms in total. The van der Waals surface area contributed by atoms with Crippen LogP contribution in [0.2, 0.25) is 0 Å². The van der Waals surface area contributed by atoms with Gasteiger partial charge in [-0.3, -0.25) is 0 Å². The number of aromatic hydroxyl groups is 1. The van der Waals surface area contributed by atoms with Crippen LogP contribution in [-0.4, -0.2) is 23.6 Å². The molecule has 2 aliphatic rings. The van der Waals surface area contributed by atoms with E-state index in [0.29, 0.717) is 36.7 Å². The van der Waals surface area contributed by atoms with E-state index in [1.807, 2.05) is 13.8 Å². The Bertz CT molecular complexity index is 998. The van der Waals surface area contributed by atoms with E-state index in [1.165, 1.54) is 6.07 Å². The van der Waals surface area contributed by atoms with E-state index in [1.54, 1.807) is 6.07 Å².